The molecule has 3 rings (SSSR count). The molecule has 2 nitrogen and oxygen atoms in total. The Morgan fingerprint density at radius 1 is 1.24 bits per heavy atom. The Labute approximate surface area is 131 Å². The van der Waals surface area contributed by atoms with Crippen molar-refractivity contribution < 1.29 is 0 Å². The van der Waals surface area contributed by atoms with E-state index in [1.165, 1.54) is 29.7 Å². The fourth-order valence-electron chi connectivity index (χ4n) is 3.01. The van der Waals surface area contributed by atoms with Gasteiger partial charge in [-0.15, -0.1) is 0 Å². The average molecular weight is 301 g/mol. The summed E-state index contributed by atoms with van der Waals surface area (Å²) >= 11 is 6.06. The van der Waals surface area contributed by atoms with E-state index in [0.29, 0.717) is 12.0 Å². The van der Waals surface area contributed by atoms with Crippen molar-refractivity contribution in [3.63, 3.8) is 0 Å². The second-order valence-electron chi connectivity index (χ2n) is 5.76. The molecule has 1 aliphatic carbocycles. The van der Waals surface area contributed by atoms with Gasteiger partial charge >= 0.3 is 0 Å². The molecule has 0 unspecified atom stereocenters. The highest BCUT2D eigenvalue weighted by Gasteiger charge is 2.29. The number of hydrogen-bond donors (Lipinski definition) is 1. The van der Waals surface area contributed by atoms with Crippen LogP contribution in [0.4, 0.5) is 0 Å². The third-order valence-corrected chi connectivity index (χ3v) is 4.62. The average Bonchev–Trinajstić information content (AvgIpc) is 2.46. The van der Waals surface area contributed by atoms with Gasteiger partial charge in [0.25, 0.3) is 0 Å². The molecule has 0 radical (unpaired) electrons. The van der Waals surface area contributed by atoms with Gasteiger partial charge in [0.05, 0.1) is 5.69 Å². The Kier molecular flexibility index (Phi) is 4.57. The van der Waals surface area contributed by atoms with Gasteiger partial charge in [0.15, 0.2) is 0 Å². The Bertz CT molecular complexity index is 606. The summed E-state index contributed by atoms with van der Waals surface area (Å²) in [6.45, 7) is 3.05. The zero-order valence-electron chi connectivity index (χ0n) is 12.3. The van der Waals surface area contributed by atoms with Crippen LogP contribution in [-0.4, -0.2) is 11.0 Å². The van der Waals surface area contributed by atoms with E-state index in [2.05, 4.69) is 35.4 Å². The van der Waals surface area contributed by atoms with Crippen LogP contribution < -0.4 is 5.32 Å². The van der Waals surface area contributed by atoms with Crippen LogP contribution in [-0.2, 0) is 13.0 Å². The van der Waals surface area contributed by atoms with Crippen LogP contribution in [0, 0.1) is 0 Å². The molecule has 2 aromatic rings. The summed E-state index contributed by atoms with van der Waals surface area (Å²) in [4.78, 5) is 4.49. The molecule has 110 valence electrons. The Morgan fingerprint density at radius 3 is 2.86 bits per heavy atom. The van der Waals surface area contributed by atoms with Crippen LogP contribution in [0.3, 0.4) is 0 Å². The van der Waals surface area contributed by atoms with Gasteiger partial charge in [0.1, 0.15) is 0 Å². The van der Waals surface area contributed by atoms with Crippen molar-refractivity contribution in [3.05, 3.63) is 64.4 Å². The summed E-state index contributed by atoms with van der Waals surface area (Å²) in [5.74, 6) is 0.649. The predicted molar refractivity (Wildman–Crippen MR) is 87.7 cm³/mol. The van der Waals surface area contributed by atoms with Crippen molar-refractivity contribution >= 4 is 11.6 Å². The van der Waals surface area contributed by atoms with Crippen LogP contribution in [0.1, 0.15) is 42.5 Å². The molecule has 3 heteroatoms. The third kappa shape index (κ3) is 3.45. The molecule has 0 bridgehead atoms. The molecular formula is C18H21ClN2. The second kappa shape index (κ2) is 6.59. The van der Waals surface area contributed by atoms with E-state index in [1.54, 1.807) is 0 Å². The van der Waals surface area contributed by atoms with Gasteiger partial charge in [-0.2, -0.15) is 0 Å². The van der Waals surface area contributed by atoms with Crippen molar-refractivity contribution in [3.8, 4) is 0 Å². The SMILES string of the molecule is CCc1cccnc1CNC1CC(c2cccc(Cl)c2)C1. The van der Waals surface area contributed by atoms with Gasteiger partial charge < -0.3 is 5.32 Å². The molecular weight excluding hydrogens is 280 g/mol. The summed E-state index contributed by atoms with van der Waals surface area (Å²) < 4.78 is 0. The summed E-state index contributed by atoms with van der Waals surface area (Å²) in [5, 5.41) is 4.47. The minimum Gasteiger partial charge on any atom is -0.308 e. The zero-order chi connectivity index (χ0) is 14.7. The van der Waals surface area contributed by atoms with Crippen LogP contribution in [0.5, 0.6) is 0 Å². The van der Waals surface area contributed by atoms with Crippen LogP contribution in [0.25, 0.3) is 0 Å². The topological polar surface area (TPSA) is 24.9 Å². The van der Waals surface area contributed by atoms with E-state index in [9.17, 15) is 0 Å². The van der Waals surface area contributed by atoms with Crippen molar-refractivity contribution in [2.75, 3.05) is 0 Å². The number of pyridine rings is 1. The number of nitrogens with one attached hydrogen (secondary N) is 1. The van der Waals surface area contributed by atoms with Gasteiger partial charge in [-0.25, -0.2) is 0 Å². The Hall–Kier alpha value is -1.38. The molecule has 1 aromatic carbocycles. The highest BCUT2D eigenvalue weighted by Crippen LogP contribution is 2.37. The van der Waals surface area contributed by atoms with E-state index in [0.717, 1.165) is 18.0 Å². The van der Waals surface area contributed by atoms with Gasteiger partial charge in [-0.05, 0) is 54.5 Å². The molecule has 1 aliphatic rings. The first-order valence-corrected chi connectivity index (χ1v) is 8.05. The molecule has 0 spiro atoms. The third-order valence-electron chi connectivity index (χ3n) is 4.38. The fraction of sp³-hybridized carbons (Fsp3) is 0.389. The smallest absolute Gasteiger partial charge is 0.0573 e. The van der Waals surface area contributed by atoms with Crippen molar-refractivity contribution in [2.45, 2.75) is 44.7 Å². The zero-order valence-corrected chi connectivity index (χ0v) is 13.1. The number of hydrogen-bond acceptors (Lipinski definition) is 2. The van der Waals surface area contributed by atoms with Crippen LogP contribution in [0.2, 0.25) is 5.02 Å². The monoisotopic (exact) mass is 300 g/mol. The normalized spacial score (nSPS) is 21.0. The predicted octanol–water partition coefficient (Wildman–Crippen LogP) is 4.33. The summed E-state index contributed by atoms with van der Waals surface area (Å²) in [7, 11) is 0. The van der Waals surface area contributed by atoms with E-state index in [-0.39, 0.29) is 0 Å². The maximum absolute atomic E-state index is 6.06. The van der Waals surface area contributed by atoms with E-state index >= 15 is 0 Å². The van der Waals surface area contributed by atoms with E-state index < -0.39 is 0 Å². The van der Waals surface area contributed by atoms with Gasteiger partial charge in [-0.1, -0.05) is 36.7 Å². The quantitative estimate of drug-likeness (QED) is 0.889. The highest BCUT2D eigenvalue weighted by atomic mass is 35.5. The van der Waals surface area contributed by atoms with Crippen molar-refractivity contribution in [1.82, 2.24) is 10.3 Å². The van der Waals surface area contributed by atoms with E-state index in [4.69, 9.17) is 11.6 Å². The number of aromatic nitrogens is 1. The molecule has 1 aromatic heterocycles. The molecule has 1 N–H and O–H groups in total. The molecule has 1 saturated carbocycles. The summed E-state index contributed by atoms with van der Waals surface area (Å²) in [6, 6.07) is 13.0. The second-order valence-corrected chi connectivity index (χ2v) is 6.20. The number of rotatable bonds is 5. The minimum atomic E-state index is 0.598. The molecule has 0 aliphatic heterocycles. The lowest BCUT2D eigenvalue weighted by molar-refractivity contribution is 0.288. The van der Waals surface area contributed by atoms with Crippen molar-refractivity contribution in [1.29, 1.82) is 0 Å². The lowest BCUT2D eigenvalue weighted by atomic mass is 9.76. The Morgan fingerprint density at radius 2 is 2.10 bits per heavy atom. The Balaban J connectivity index is 1.51. The molecule has 0 amide bonds. The maximum Gasteiger partial charge on any atom is 0.0573 e. The largest absolute Gasteiger partial charge is 0.308 e. The van der Waals surface area contributed by atoms with Gasteiger partial charge in [-0.3, -0.25) is 4.98 Å². The van der Waals surface area contributed by atoms with Gasteiger partial charge in [0.2, 0.25) is 0 Å². The first kappa shape index (κ1) is 14.6. The first-order chi connectivity index (χ1) is 10.3. The van der Waals surface area contributed by atoms with Crippen LogP contribution in [0.15, 0.2) is 42.6 Å². The molecule has 0 saturated heterocycles. The fourth-order valence-corrected chi connectivity index (χ4v) is 3.21. The maximum atomic E-state index is 6.06. The molecule has 1 heterocycles. The number of nitrogens with zero attached hydrogens (tertiary/aromatic N) is 1. The van der Waals surface area contributed by atoms with Crippen LogP contribution >= 0.6 is 11.6 Å². The van der Waals surface area contributed by atoms with Gasteiger partial charge in [0, 0.05) is 23.8 Å². The lowest BCUT2D eigenvalue weighted by Crippen LogP contribution is -2.39. The summed E-state index contributed by atoms with van der Waals surface area (Å²) in [6.07, 6.45) is 5.30. The number of benzene rings is 1. The van der Waals surface area contributed by atoms with Crippen molar-refractivity contribution in [2.24, 2.45) is 0 Å². The summed E-state index contributed by atoms with van der Waals surface area (Å²) in [5.41, 5.74) is 3.90. The highest BCUT2D eigenvalue weighted by molar-refractivity contribution is 6.30. The minimum absolute atomic E-state index is 0.598. The molecule has 0 atom stereocenters. The molecule has 1 fully saturated rings. The van der Waals surface area contributed by atoms with E-state index in [1.807, 2.05) is 24.4 Å². The molecule has 21 heavy (non-hydrogen) atoms. The number of aryl methyl sites for hydroxylation is 1. The standard InChI is InChI=1S/C18H21ClN2/c1-2-13-6-4-8-20-18(13)12-21-17-10-15(11-17)14-5-3-7-16(19)9-14/h3-9,15,17,21H,2,10-12H2,1H3. The lowest BCUT2D eigenvalue weighted by Gasteiger charge is -2.36. The first-order valence-electron chi connectivity index (χ1n) is 7.68. The number of halogens is 1.